The maximum Gasteiger partial charge on any atom is 0.221 e. The van der Waals surface area contributed by atoms with Crippen molar-refractivity contribution in [2.75, 3.05) is 10.6 Å². The van der Waals surface area contributed by atoms with E-state index in [0.29, 0.717) is 28.5 Å². The third-order valence-electron chi connectivity index (χ3n) is 4.46. The molecule has 2 aromatic heterocycles. The SMILES string of the molecule is NC1=NC=C2C(=CC=CN2c2ccc3nc(N)nc(-c4ccccc4)c3n2)N1. The molecule has 0 atom stereocenters. The molecule has 136 valence electrons. The standard InChI is InChI=1S/C20H16N8/c21-19-23-11-15-13(24-19)7-4-10-28(15)16-9-8-14-18(26-16)17(27-20(22)25-14)12-5-2-1-3-6-12/h1-11H,(H3,21,23,24)(H2,22,25,27). The average molecular weight is 368 g/mol. The maximum absolute atomic E-state index is 5.92. The van der Waals surface area contributed by atoms with Crippen molar-refractivity contribution in [1.82, 2.24) is 20.3 Å². The first-order chi connectivity index (χ1) is 13.7. The largest absolute Gasteiger partial charge is 0.369 e. The number of pyridine rings is 1. The van der Waals surface area contributed by atoms with E-state index in [1.54, 1.807) is 6.20 Å². The fourth-order valence-electron chi connectivity index (χ4n) is 3.21. The molecule has 1 aromatic carbocycles. The number of aliphatic imine (C=N–C) groups is 1. The number of nitrogens with one attached hydrogen (secondary N) is 1. The van der Waals surface area contributed by atoms with Crippen LogP contribution in [0.4, 0.5) is 11.8 Å². The second kappa shape index (κ2) is 6.20. The van der Waals surface area contributed by atoms with Gasteiger partial charge in [-0.05, 0) is 24.3 Å². The molecule has 8 nitrogen and oxygen atoms in total. The Kier molecular flexibility index (Phi) is 3.55. The minimum atomic E-state index is 0.216. The van der Waals surface area contributed by atoms with Crippen LogP contribution in [0.2, 0.25) is 0 Å². The maximum atomic E-state index is 5.92. The zero-order valence-corrected chi connectivity index (χ0v) is 14.7. The summed E-state index contributed by atoms with van der Waals surface area (Å²) >= 11 is 0. The molecule has 28 heavy (non-hydrogen) atoms. The predicted molar refractivity (Wildman–Crippen MR) is 110 cm³/mol. The number of nitrogens with zero attached hydrogens (tertiary/aromatic N) is 5. The third kappa shape index (κ3) is 2.64. The number of hydrogen-bond donors (Lipinski definition) is 3. The highest BCUT2D eigenvalue weighted by Crippen LogP contribution is 2.31. The fourth-order valence-corrected chi connectivity index (χ4v) is 3.21. The van der Waals surface area contributed by atoms with Gasteiger partial charge in [0.2, 0.25) is 5.95 Å². The number of hydrogen-bond acceptors (Lipinski definition) is 8. The lowest BCUT2D eigenvalue weighted by molar-refractivity contribution is 0.980. The minimum absolute atomic E-state index is 0.216. The highest BCUT2D eigenvalue weighted by Gasteiger charge is 2.22. The quantitative estimate of drug-likeness (QED) is 0.635. The molecule has 0 saturated carbocycles. The summed E-state index contributed by atoms with van der Waals surface area (Å²) in [6.45, 7) is 0. The van der Waals surface area contributed by atoms with Crippen molar-refractivity contribution >= 4 is 28.8 Å². The Balaban J connectivity index is 1.67. The summed E-state index contributed by atoms with van der Waals surface area (Å²) < 4.78 is 0. The topological polar surface area (TPSA) is 118 Å². The van der Waals surface area contributed by atoms with E-state index >= 15 is 0 Å². The van der Waals surface area contributed by atoms with Crippen molar-refractivity contribution in [3.63, 3.8) is 0 Å². The molecule has 4 heterocycles. The molecule has 0 fully saturated rings. The molecule has 0 radical (unpaired) electrons. The fraction of sp³-hybridized carbons (Fsp3) is 0. The van der Waals surface area contributed by atoms with Crippen LogP contribution in [0.1, 0.15) is 0 Å². The van der Waals surface area contributed by atoms with E-state index in [0.717, 1.165) is 17.0 Å². The van der Waals surface area contributed by atoms with Gasteiger partial charge in [0.05, 0.1) is 23.1 Å². The van der Waals surface area contributed by atoms with Crippen LogP contribution in [0.5, 0.6) is 0 Å². The first-order valence-electron chi connectivity index (χ1n) is 8.67. The second-order valence-electron chi connectivity index (χ2n) is 6.28. The van der Waals surface area contributed by atoms with Crippen LogP contribution in [0.25, 0.3) is 22.3 Å². The van der Waals surface area contributed by atoms with Gasteiger partial charge in [-0.2, -0.15) is 0 Å². The summed E-state index contributed by atoms with van der Waals surface area (Å²) in [7, 11) is 0. The first-order valence-corrected chi connectivity index (χ1v) is 8.67. The van der Waals surface area contributed by atoms with E-state index in [1.807, 2.05) is 65.7 Å². The van der Waals surface area contributed by atoms with Crippen LogP contribution < -0.4 is 21.7 Å². The van der Waals surface area contributed by atoms with E-state index in [4.69, 9.17) is 16.5 Å². The summed E-state index contributed by atoms with van der Waals surface area (Å²) in [5.74, 6) is 1.28. The van der Waals surface area contributed by atoms with E-state index in [1.165, 1.54) is 0 Å². The van der Waals surface area contributed by atoms with Gasteiger partial charge in [-0.15, -0.1) is 0 Å². The number of guanidine groups is 1. The number of rotatable bonds is 2. The van der Waals surface area contributed by atoms with Crippen LogP contribution >= 0.6 is 0 Å². The van der Waals surface area contributed by atoms with Crippen molar-refractivity contribution in [2.24, 2.45) is 10.7 Å². The lowest BCUT2D eigenvalue weighted by Crippen LogP contribution is -2.37. The van der Waals surface area contributed by atoms with E-state index in [9.17, 15) is 0 Å². The van der Waals surface area contributed by atoms with Crippen LogP contribution in [-0.4, -0.2) is 20.9 Å². The highest BCUT2D eigenvalue weighted by atomic mass is 15.2. The van der Waals surface area contributed by atoms with Gasteiger partial charge in [-0.25, -0.2) is 19.9 Å². The lowest BCUT2D eigenvalue weighted by atomic mass is 10.1. The number of benzene rings is 1. The molecule has 5 N–H and O–H groups in total. The van der Waals surface area contributed by atoms with Gasteiger partial charge in [0, 0.05) is 11.8 Å². The molecular formula is C20H16N8. The van der Waals surface area contributed by atoms with Crippen LogP contribution in [0.3, 0.4) is 0 Å². The minimum Gasteiger partial charge on any atom is -0.369 e. The van der Waals surface area contributed by atoms with Crippen molar-refractivity contribution in [3.8, 4) is 11.3 Å². The summed E-state index contributed by atoms with van der Waals surface area (Å²) in [4.78, 5) is 19.7. The number of nitrogens with two attached hydrogens (primary N) is 2. The molecule has 0 saturated heterocycles. The van der Waals surface area contributed by atoms with Crippen molar-refractivity contribution in [2.45, 2.75) is 0 Å². The van der Waals surface area contributed by atoms with Crippen molar-refractivity contribution in [1.29, 1.82) is 0 Å². The Labute approximate surface area is 160 Å². The smallest absolute Gasteiger partial charge is 0.221 e. The zero-order chi connectivity index (χ0) is 19.1. The Morgan fingerprint density at radius 2 is 1.79 bits per heavy atom. The summed E-state index contributed by atoms with van der Waals surface area (Å²) in [6.07, 6.45) is 7.49. The van der Waals surface area contributed by atoms with Gasteiger partial charge in [0.1, 0.15) is 17.0 Å². The van der Waals surface area contributed by atoms with Crippen LogP contribution in [0.15, 0.2) is 83.4 Å². The average Bonchev–Trinajstić information content (AvgIpc) is 2.73. The van der Waals surface area contributed by atoms with Crippen LogP contribution in [0, 0.1) is 0 Å². The molecular weight excluding hydrogens is 352 g/mol. The molecule has 0 amide bonds. The zero-order valence-electron chi connectivity index (χ0n) is 14.7. The van der Waals surface area contributed by atoms with Gasteiger partial charge in [-0.1, -0.05) is 30.3 Å². The number of fused-ring (bicyclic) bond motifs is 2. The molecule has 5 rings (SSSR count). The lowest BCUT2D eigenvalue weighted by Gasteiger charge is -2.29. The molecule has 0 bridgehead atoms. The van der Waals surface area contributed by atoms with Gasteiger partial charge in [-0.3, -0.25) is 4.90 Å². The molecule has 0 spiro atoms. The van der Waals surface area contributed by atoms with Gasteiger partial charge in [0.25, 0.3) is 0 Å². The number of aromatic nitrogens is 3. The third-order valence-corrected chi connectivity index (χ3v) is 4.46. The number of allylic oxidation sites excluding steroid dienone is 2. The first kappa shape index (κ1) is 16.0. The monoisotopic (exact) mass is 368 g/mol. The number of nitrogen functional groups attached to an aromatic ring is 1. The summed E-state index contributed by atoms with van der Waals surface area (Å²) in [5, 5.41) is 3.06. The summed E-state index contributed by atoms with van der Waals surface area (Å²) in [5.41, 5.74) is 16.4. The molecule has 3 aromatic rings. The van der Waals surface area contributed by atoms with Gasteiger partial charge >= 0.3 is 0 Å². The van der Waals surface area contributed by atoms with Gasteiger partial charge < -0.3 is 16.8 Å². The Hall–Kier alpha value is -4.20. The molecule has 8 heteroatoms. The highest BCUT2D eigenvalue weighted by molar-refractivity contribution is 5.91. The van der Waals surface area contributed by atoms with Crippen molar-refractivity contribution in [3.05, 3.63) is 78.4 Å². The summed E-state index contributed by atoms with van der Waals surface area (Å²) in [6, 6.07) is 13.6. The van der Waals surface area contributed by atoms with Crippen molar-refractivity contribution < 1.29 is 0 Å². The van der Waals surface area contributed by atoms with Crippen LogP contribution in [-0.2, 0) is 0 Å². The molecule has 0 unspecified atom stereocenters. The van der Waals surface area contributed by atoms with E-state index in [-0.39, 0.29) is 5.95 Å². The number of anilines is 2. The second-order valence-corrected chi connectivity index (χ2v) is 6.28. The van der Waals surface area contributed by atoms with E-state index < -0.39 is 0 Å². The Bertz CT molecular complexity index is 1210. The Morgan fingerprint density at radius 1 is 0.929 bits per heavy atom. The Morgan fingerprint density at radius 3 is 2.64 bits per heavy atom. The molecule has 0 aliphatic carbocycles. The van der Waals surface area contributed by atoms with E-state index in [2.05, 4.69) is 20.3 Å². The normalized spacial score (nSPS) is 15.4. The molecule has 2 aliphatic heterocycles. The molecule has 2 aliphatic rings. The predicted octanol–water partition coefficient (Wildman–Crippen LogP) is 2.25. The van der Waals surface area contributed by atoms with Gasteiger partial charge in [0.15, 0.2) is 5.96 Å².